The van der Waals surface area contributed by atoms with Gasteiger partial charge in [0, 0.05) is 6.04 Å². The van der Waals surface area contributed by atoms with E-state index in [9.17, 15) is 4.79 Å². The van der Waals surface area contributed by atoms with E-state index in [1.807, 2.05) is 38.1 Å². The van der Waals surface area contributed by atoms with Gasteiger partial charge >= 0.3 is 0 Å². The zero-order valence-electron chi connectivity index (χ0n) is 14.2. The SMILES string of the molecule is CCOc1ccccc1OCC(=O)NC(C)CCCC(C)C. The first-order valence-corrected chi connectivity index (χ1v) is 8.16. The lowest BCUT2D eigenvalue weighted by Crippen LogP contribution is -2.36. The molecule has 1 rings (SSSR count). The number of ether oxygens (including phenoxy) is 2. The van der Waals surface area contributed by atoms with Gasteiger partial charge in [0.05, 0.1) is 6.61 Å². The Labute approximate surface area is 134 Å². The Kier molecular flexibility index (Phi) is 8.41. The molecule has 0 bridgehead atoms. The number of hydrogen-bond donors (Lipinski definition) is 1. The van der Waals surface area contributed by atoms with Crippen molar-refractivity contribution in [2.24, 2.45) is 5.92 Å². The van der Waals surface area contributed by atoms with E-state index < -0.39 is 0 Å². The summed E-state index contributed by atoms with van der Waals surface area (Å²) in [5, 5.41) is 2.97. The highest BCUT2D eigenvalue weighted by molar-refractivity contribution is 5.77. The van der Waals surface area contributed by atoms with Crippen LogP contribution in [0.15, 0.2) is 24.3 Å². The fourth-order valence-electron chi connectivity index (χ4n) is 2.21. The molecule has 0 aromatic heterocycles. The molecule has 0 aliphatic heterocycles. The average molecular weight is 307 g/mol. The van der Waals surface area contributed by atoms with Crippen molar-refractivity contribution in [3.63, 3.8) is 0 Å². The van der Waals surface area contributed by atoms with Crippen molar-refractivity contribution in [3.05, 3.63) is 24.3 Å². The summed E-state index contributed by atoms with van der Waals surface area (Å²) in [7, 11) is 0. The molecule has 0 fully saturated rings. The number of para-hydroxylation sites is 2. The van der Waals surface area contributed by atoms with E-state index in [1.165, 1.54) is 6.42 Å². The second-order valence-electron chi connectivity index (χ2n) is 5.96. The maximum atomic E-state index is 11.9. The predicted octanol–water partition coefficient (Wildman–Crippen LogP) is 3.80. The zero-order chi connectivity index (χ0) is 16.4. The number of nitrogens with one attached hydrogen (secondary N) is 1. The smallest absolute Gasteiger partial charge is 0.258 e. The van der Waals surface area contributed by atoms with Crippen molar-refractivity contribution in [3.8, 4) is 11.5 Å². The molecule has 0 aliphatic rings. The summed E-state index contributed by atoms with van der Waals surface area (Å²) in [5.74, 6) is 1.89. The van der Waals surface area contributed by atoms with E-state index in [0.29, 0.717) is 24.0 Å². The van der Waals surface area contributed by atoms with Crippen LogP contribution in [0.25, 0.3) is 0 Å². The molecular weight excluding hydrogens is 278 g/mol. The lowest BCUT2D eigenvalue weighted by atomic mass is 10.0. The van der Waals surface area contributed by atoms with Gasteiger partial charge in [-0.3, -0.25) is 4.79 Å². The number of amides is 1. The summed E-state index contributed by atoms with van der Waals surface area (Å²) >= 11 is 0. The molecular formula is C18H29NO3. The summed E-state index contributed by atoms with van der Waals surface area (Å²) < 4.78 is 11.0. The Morgan fingerprint density at radius 2 is 1.73 bits per heavy atom. The van der Waals surface area contributed by atoms with Crippen LogP contribution in [0.1, 0.15) is 47.0 Å². The van der Waals surface area contributed by atoms with Crippen molar-refractivity contribution in [1.82, 2.24) is 5.32 Å². The summed E-state index contributed by atoms with van der Waals surface area (Å²) in [5.41, 5.74) is 0. The molecule has 0 aliphatic carbocycles. The summed E-state index contributed by atoms with van der Waals surface area (Å²) in [6.07, 6.45) is 3.32. The monoisotopic (exact) mass is 307 g/mol. The number of hydrogen-bond acceptors (Lipinski definition) is 3. The van der Waals surface area contributed by atoms with Crippen LogP contribution >= 0.6 is 0 Å². The van der Waals surface area contributed by atoms with Gasteiger partial charge in [-0.2, -0.15) is 0 Å². The van der Waals surface area contributed by atoms with Gasteiger partial charge in [0.1, 0.15) is 0 Å². The molecule has 1 amide bonds. The minimum absolute atomic E-state index is 0.0125. The summed E-state index contributed by atoms with van der Waals surface area (Å²) in [6.45, 7) is 8.96. The van der Waals surface area contributed by atoms with Crippen molar-refractivity contribution in [2.45, 2.75) is 53.0 Å². The Morgan fingerprint density at radius 3 is 2.32 bits per heavy atom. The predicted molar refractivity (Wildman–Crippen MR) is 89.4 cm³/mol. The summed E-state index contributed by atoms with van der Waals surface area (Å²) in [6, 6.07) is 7.58. The summed E-state index contributed by atoms with van der Waals surface area (Å²) in [4.78, 5) is 11.9. The molecule has 1 unspecified atom stereocenters. The topological polar surface area (TPSA) is 47.6 Å². The standard InChI is InChI=1S/C18H29NO3/c1-5-21-16-11-6-7-12-17(16)22-13-18(20)19-15(4)10-8-9-14(2)3/h6-7,11-12,14-15H,5,8-10,13H2,1-4H3,(H,19,20). The molecule has 4 nitrogen and oxygen atoms in total. The van der Waals surface area contributed by atoms with Crippen molar-refractivity contribution < 1.29 is 14.3 Å². The van der Waals surface area contributed by atoms with Crippen LogP contribution in [-0.4, -0.2) is 25.2 Å². The second-order valence-corrected chi connectivity index (χ2v) is 5.96. The number of benzene rings is 1. The van der Waals surface area contributed by atoms with E-state index in [2.05, 4.69) is 19.2 Å². The van der Waals surface area contributed by atoms with E-state index in [1.54, 1.807) is 0 Å². The highest BCUT2D eigenvalue weighted by atomic mass is 16.5. The molecule has 0 radical (unpaired) electrons. The Morgan fingerprint density at radius 1 is 1.09 bits per heavy atom. The molecule has 1 aromatic rings. The molecule has 4 heteroatoms. The van der Waals surface area contributed by atoms with Gasteiger partial charge in [0.15, 0.2) is 18.1 Å². The van der Waals surface area contributed by atoms with Crippen LogP contribution in [-0.2, 0) is 4.79 Å². The Bertz CT molecular complexity index is 446. The van der Waals surface area contributed by atoms with Gasteiger partial charge < -0.3 is 14.8 Å². The van der Waals surface area contributed by atoms with Gasteiger partial charge in [-0.25, -0.2) is 0 Å². The number of rotatable bonds is 10. The maximum Gasteiger partial charge on any atom is 0.258 e. The number of carbonyl (C=O) groups excluding carboxylic acids is 1. The minimum Gasteiger partial charge on any atom is -0.490 e. The van der Waals surface area contributed by atoms with E-state index in [0.717, 1.165) is 12.8 Å². The first-order valence-electron chi connectivity index (χ1n) is 8.16. The maximum absolute atomic E-state index is 11.9. The highest BCUT2D eigenvalue weighted by Gasteiger charge is 2.10. The highest BCUT2D eigenvalue weighted by Crippen LogP contribution is 2.26. The fourth-order valence-corrected chi connectivity index (χ4v) is 2.21. The van der Waals surface area contributed by atoms with Gasteiger partial charge in [0.25, 0.3) is 5.91 Å². The molecule has 1 atom stereocenters. The van der Waals surface area contributed by atoms with Crippen molar-refractivity contribution in [1.29, 1.82) is 0 Å². The van der Waals surface area contributed by atoms with Crippen LogP contribution in [0, 0.1) is 5.92 Å². The minimum atomic E-state index is -0.0941. The Balaban J connectivity index is 2.33. The van der Waals surface area contributed by atoms with Crippen LogP contribution < -0.4 is 14.8 Å². The molecule has 1 N–H and O–H groups in total. The lowest BCUT2D eigenvalue weighted by molar-refractivity contribution is -0.123. The van der Waals surface area contributed by atoms with Crippen LogP contribution in [0.4, 0.5) is 0 Å². The molecule has 0 saturated carbocycles. The second kappa shape index (κ2) is 10.1. The van der Waals surface area contributed by atoms with Crippen LogP contribution in [0.3, 0.4) is 0 Å². The fraction of sp³-hybridized carbons (Fsp3) is 0.611. The Hall–Kier alpha value is -1.71. The number of carbonyl (C=O) groups is 1. The van der Waals surface area contributed by atoms with E-state index >= 15 is 0 Å². The third-order valence-corrected chi connectivity index (χ3v) is 3.33. The molecule has 22 heavy (non-hydrogen) atoms. The van der Waals surface area contributed by atoms with Crippen molar-refractivity contribution >= 4 is 5.91 Å². The first kappa shape index (κ1) is 18.3. The average Bonchev–Trinajstić information content (AvgIpc) is 2.46. The van der Waals surface area contributed by atoms with Gasteiger partial charge in [0.2, 0.25) is 0 Å². The van der Waals surface area contributed by atoms with Crippen LogP contribution in [0.5, 0.6) is 11.5 Å². The first-order chi connectivity index (χ1) is 10.5. The molecule has 0 heterocycles. The van der Waals surface area contributed by atoms with Gasteiger partial charge in [-0.1, -0.05) is 38.8 Å². The third kappa shape index (κ3) is 7.34. The van der Waals surface area contributed by atoms with Gasteiger partial charge in [-0.15, -0.1) is 0 Å². The van der Waals surface area contributed by atoms with Crippen molar-refractivity contribution in [2.75, 3.05) is 13.2 Å². The third-order valence-electron chi connectivity index (χ3n) is 3.33. The van der Waals surface area contributed by atoms with Crippen LogP contribution in [0.2, 0.25) is 0 Å². The molecule has 0 saturated heterocycles. The van der Waals surface area contributed by atoms with Gasteiger partial charge in [-0.05, 0) is 38.3 Å². The van der Waals surface area contributed by atoms with E-state index in [4.69, 9.17) is 9.47 Å². The molecule has 124 valence electrons. The zero-order valence-corrected chi connectivity index (χ0v) is 14.2. The molecule has 1 aromatic carbocycles. The normalized spacial score (nSPS) is 12.0. The largest absolute Gasteiger partial charge is 0.490 e. The van der Waals surface area contributed by atoms with E-state index in [-0.39, 0.29) is 18.6 Å². The quantitative estimate of drug-likeness (QED) is 0.715. The lowest BCUT2D eigenvalue weighted by Gasteiger charge is -2.15. The molecule has 0 spiro atoms.